The second kappa shape index (κ2) is 4.69. The molecule has 2 rings (SSSR count). The maximum Gasteiger partial charge on any atom is 0.226 e. The van der Waals surface area contributed by atoms with Gasteiger partial charge in [0.25, 0.3) is 0 Å². The summed E-state index contributed by atoms with van der Waals surface area (Å²) in [7, 11) is 0. The predicted octanol–water partition coefficient (Wildman–Crippen LogP) is 2.66. The van der Waals surface area contributed by atoms with Gasteiger partial charge in [0.15, 0.2) is 0 Å². The molecule has 0 heterocycles. The van der Waals surface area contributed by atoms with Crippen molar-refractivity contribution in [2.24, 2.45) is 5.92 Å². The molecule has 86 valence electrons. The van der Waals surface area contributed by atoms with Crippen molar-refractivity contribution in [2.75, 3.05) is 13.1 Å². The number of hydrogen-bond acceptors (Lipinski definition) is 1. The number of hydrogen-bond donors (Lipinski definition) is 0. The van der Waals surface area contributed by atoms with Crippen LogP contribution in [-0.4, -0.2) is 23.9 Å². The highest BCUT2D eigenvalue weighted by atomic mass is 16.2. The van der Waals surface area contributed by atoms with Crippen molar-refractivity contribution in [3.63, 3.8) is 0 Å². The van der Waals surface area contributed by atoms with Crippen LogP contribution in [0.3, 0.4) is 0 Å². The van der Waals surface area contributed by atoms with E-state index in [-0.39, 0.29) is 5.92 Å². The van der Waals surface area contributed by atoms with Gasteiger partial charge in [-0.15, -0.1) is 0 Å². The van der Waals surface area contributed by atoms with E-state index in [2.05, 4.69) is 12.1 Å². The summed E-state index contributed by atoms with van der Waals surface area (Å²) in [6.45, 7) is 5.74. The first-order valence-electron chi connectivity index (χ1n) is 6.11. The van der Waals surface area contributed by atoms with Gasteiger partial charge in [-0.25, -0.2) is 0 Å². The molecule has 1 aromatic rings. The lowest BCUT2D eigenvalue weighted by Crippen LogP contribution is -2.32. The summed E-state index contributed by atoms with van der Waals surface area (Å²) in [6, 6.07) is 10.4. The zero-order valence-electron chi connectivity index (χ0n) is 10.0. The second-order valence-corrected chi connectivity index (χ2v) is 4.37. The van der Waals surface area contributed by atoms with Gasteiger partial charge in [0.2, 0.25) is 5.91 Å². The smallest absolute Gasteiger partial charge is 0.226 e. The minimum Gasteiger partial charge on any atom is -0.343 e. The van der Waals surface area contributed by atoms with Crippen molar-refractivity contribution in [1.29, 1.82) is 0 Å². The Morgan fingerprint density at radius 1 is 1.25 bits per heavy atom. The molecule has 1 aliphatic rings. The Labute approximate surface area is 97.3 Å². The number of carbonyl (C=O) groups is 1. The Balaban J connectivity index is 1.99. The summed E-state index contributed by atoms with van der Waals surface area (Å²) < 4.78 is 0. The quantitative estimate of drug-likeness (QED) is 0.759. The van der Waals surface area contributed by atoms with E-state index < -0.39 is 0 Å². The molecule has 0 saturated heterocycles. The van der Waals surface area contributed by atoms with Crippen LogP contribution in [-0.2, 0) is 4.79 Å². The second-order valence-electron chi connectivity index (χ2n) is 4.37. The van der Waals surface area contributed by atoms with Crippen molar-refractivity contribution in [1.82, 2.24) is 4.90 Å². The van der Waals surface area contributed by atoms with Crippen molar-refractivity contribution in [3.05, 3.63) is 35.9 Å². The van der Waals surface area contributed by atoms with Crippen LogP contribution in [0.2, 0.25) is 0 Å². The highest BCUT2D eigenvalue weighted by Gasteiger charge is 2.45. The average Bonchev–Trinajstić information content (AvgIpc) is 3.11. The van der Waals surface area contributed by atoms with E-state index in [0.717, 1.165) is 19.5 Å². The first-order chi connectivity index (χ1) is 7.77. The third kappa shape index (κ3) is 2.11. The maximum atomic E-state index is 12.1. The van der Waals surface area contributed by atoms with Gasteiger partial charge in [-0.05, 0) is 31.7 Å². The average molecular weight is 217 g/mol. The van der Waals surface area contributed by atoms with Crippen molar-refractivity contribution in [3.8, 4) is 0 Å². The van der Waals surface area contributed by atoms with Crippen LogP contribution in [0.25, 0.3) is 0 Å². The number of benzene rings is 1. The van der Waals surface area contributed by atoms with Crippen LogP contribution in [0.5, 0.6) is 0 Å². The molecule has 1 aliphatic carbocycles. The first kappa shape index (κ1) is 11.2. The maximum absolute atomic E-state index is 12.1. The number of nitrogens with zero attached hydrogens (tertiary/aromatic N) is 1. The first-order valence-corrected chi connectivity index (χ1v) is 6.11. The number of carbonyl (C=O) groups excluding carboxylic acids is 1. The van der Waals surface area contributed by atoms with E-state index in [4.69, 9.17) is 0 Å². The third-order valence-corrected chi connectivity index (χ3v) is 3.41. The summed E-state index contributed by atoms with van der Waals surface area (Å²) in [5.41, 5.74) is 1.31. The van der Waals surface area contributed by atoms with E-state index in [1.165, 1.54) is 5.56 Å². The van der Waals surface area contributed by atoms with Crippen LogP contribution in [0.1, 0.15) is 31.7 Å². The zero-order chi connectivity index (χ0) is 11.5. The fourth-order valence-corrected chi connectivity index (χ4v) is 2.31. The molecule has 0 spiro atoms. The van der Waals surface area contributed by atoms with Gasteiger partial charge in [0.05, 0.1) is 0 Å². The monoisotopic (exact) mass is 217 g/mol. The molecule has 0 unspecified atom stereocenters. The summed E-state index contributed by atoms with van der Waals surface area (Å²) in [5.74, 6) is 1.04. The van der Waals surface area contributed by atoms with Gasteiger partial charge < -0.3 is 4.90 Å². The molecular formula is C14H19NO. The molecule has 2 nitrogen and oxygen atoms in total. The molecule has 2 atom stereocenters. The summed E-state index contributed by atoms with van der Waals surface area (Å²) in [5, 5.41) is 0. The lowest BCUT2D eigenvalue weighted by molar-refractivity contribution is -0.132. The van der Waals surface area contributed by atoms with E-state index >= 15 is 0 Å². The van der Waals surface area contributed by atoms with Gasteiger partial charge >= 0.3 is 0 Å². The molecule has 16 heavy (non-hydrogen) atoms. The van der Waals surface area contributed by atoms with Gasteiger partial charge in [-0.1, -0.05) is 30.3 Å². The lowest BCUT2D eigenvalue weighted by atomic mass is 10.1. The molecule has 2 heteroatoms. The Morgan fingerprint density at radius 2 is 1.88 bits per heavy atom. The zero-order valence-corrected chi connectivity index (χ0v) is 10.0. The topological polar surface area (TPSA) is 20.3 Å². The number of rotatable bonds is 4. The van der Waals surface area contributed by atoms with Crippen molar-refractivity contribution in [2.45, 2.75) is 26.2 Å². The minimum absolute atomic E-state index is 0.238. The highest BCUT2D eigenvalue weighted by Crippen LogP contribution is 2.48. The summed E-state index contributed by atoms with van der Waals surface area (Å²) in [4.78, 5) is 14.0. The number of amides is 1. The van der Waals surface area contributed by atoms with E-state index in [1.54, 1.807) is 0 Å². The molecular weight excluding hydrogens is 198 g/mol. The summed E-state index contributed by atoms with van der Waals surface area (Å²) >= 11 is 0. The molecule has 0 aromatic heterocycles. The molecule has 0 bridgehead atoms. The van der Waals surface area contributed by atoms with Crippen LogP contribution >= 0.6 is 0 Å². The van der Waals surface area contributed by atoms with Gasteiger partial charge in [-0.3, -0.25) is 4.79 Å². The molecule has 1 fully saturated rings. The van der Waals surface area contributed by atoms with Crippen molar-refractivity contribution < 1.29 is 4.79 Å². The highest BCUT2D eigenvalue weighted by molar-refractivity contribution is 5.83. The fraction of sp³-hybridized carbons (Fsp3) is 0.500. The normalized spacial score (nSPS) is 22.9. The molecule has 1 amide bonds. The minimum atomic E-state index is 0.238. The van der Waals surface area contributed by atoms with E-state index in [1.807, 2.05) is 36.9 Å². The Kier molecular flexibility index (Phi) is 3.28. The Bertz CT molecular complexity index is 356. The van der Waals surface area contributed by atoms with Gasteiger partial charge in [0, 0.05) is 19.0 Å². The van der Waals surface area contributed by atoms with E-state index in [9.17, 15) is 4.79 Å². The van der Waals surface area contributed by atoms with Crippen LogP contribution in [0.15, 0.2) is 30.3 Å². The Morgan fingerprint density at radius 3 is 2.44 bits per heavy atom. The van der Waals surface area contributed by atoms with Crippen LogP contribution in [0.4, 0.5) is 0 Å². The van der Waals surface area contributed by atoms with Crippen LogP contribution < -0.4 is 0 Å². The Hall–Kier alpha value is -1.31. The SMILES string of the molecule is CCN(CC)C(=O)[C@H]1C[C@H]1c1ccccc1. The molecule has 0 N–H and O–H groups in total. The molecule has 0 radical (unpaired) electrons. The fourth-order valence-electron chi connectivity index (χ4n) is 2.31. The predicted molar refractivity (Wildman–Crippen MR) is 65.2 cm³/mol. The third-order valence-electron chi connectivity index (χ3n) is 3.41. The van der Waals surface area contributed by atoms with E-state index in [0.29, 0.717) is 11.8 Å². The lowest BCUT2D eigenvalue weighted by Gasteiger charge is -2.18. The largest absolute Gasteiger partial charge is 0.343 e. The van der Waals surface area contributed by atoms with Gasteiger partial charge in [-0.2, -0.15) is 0 Å². The molecule has 1 aromatic carbocycles. The molecule has 1 saturated carbocycles. The molecule has 0 aliphatic heterocycles. The van der Waals surface area contributed by atoms with Gasteiger partial charge in [0.1, 0.15) is 0 Å². The summed E-state index contributed by atoms with van der Waals surface area (Å²) in [6.07, 6.45) is 1.03. The standard InChI is InChI=1S/C14H19NO/c1-3-15(4-2)14(16)13-10-12(13)11-8-6-5-7-9-11/h5-9,12-13H,3-4,10H2,1-2H3/t12-,13-/m0/s1. The van der Waals surface area contributed by atoms with Crippen molar-refractivity contribution >= 4 is 5.91 Å². The van der Waals surface area contributed by atoms with Crippen LogP contribution in [0, 0.1) is 5.92 Å².